The predicted octanol–water partition coefficient (Wildman–Crippen LogP) is 2.14. The quantitative estimate of drug-likeness (QED) is 0.791. The van der Waals surface area contributed by atoms with Crippen LogP contribution in [-0.2, 0) is 21.4 Å². The number of hydrogen-bond donors (Lipinski definition) is 0. The Bertz CT molecular complexity index is 933. The minimum atomic E-state index is -3.49. The molecule has 2 aliphatic rings. The standard InChI is InChI=1S/C20H23N3O3S/c1-22(14-16-7-5-6-11-21-16)19(24)18-13-20(18)10-12-23(15-20)27(25,26)17-8-3-2-4-9-17/h2-9,11,18H,10,12-15H2,1H3/t18-,20+/m0/s1. The summed E-state index contributed by atoms with van der Waals surface area (Å²) in [6.45, 7) is 1.38. The normalized spacial score (nSPS) is 24.9. The molecule has 27 heavy (non-hydrogen) atoms. The van der Waals surface area contributed by atoms with Gasteiger partial charge in [-0.15, -0.1) is 0 Å². The summed E-state index contributed by atoms with van der Waals surface area (Å²) >= 11 is 0. The Morgan fingerprint density at radius 2 is 1.96 bits per heavy atom. The van der Waals surface area contributed by atoms with Crippen LogP contribution in [-0.4, -0.2) is 48.7 Å². The number of carbonyl (C=O) groups excluding carboxylic acids is 1. The summed E-state index contributed by atoms with van der Waals surface area (Å²) in [6, 6.07) is 14.2. The summed E-state index contributed by atoms with van der Waals surface area (Å²) in [5, 5.41) is 0. The highest BCUT2D eigenvalue weighted by Gasteiger charge is 2.62. The van der Waals surface area contributed by atoms with Gasteiger partial charge in [-0.25, -0.2) is 8.42 Å². The van der Waals surface area contributed by atoms with E-state index in [0.717, 1.165) is 18.5 Å². The van der Waals surface area contributed by atoms with Gasteiger partial charge in [0.15, 0.2) is 0 Å². The maximum absolute atomic E-state index is 12.8. The molecule has 0 bridgehead atoms. The van der Waals surface area contributed by atoms with Crippen LogP contribution in [0, 0.1) is 11.3 Å². The molecule has 1 saturated carbocycles. The molecule has 1 spiro atoms. The van der Waals surface area contributed by atoms with Crippen molar-refractivity contribution in [1.29, 1.82) is 0 Å². The molecule has 7 heteroatoms. The largest absolute Gasteiger partial charge is 0.340 e. The molecule has 1 amide bonds. The highest BCUT2D eigenvalue weighted by atomic mass is 32.2. The van der Waals surface area contributed by atoms with Crippen LogP contribution >= 0.6 is 0 Å². The molecule has 2 atom stereocenters. The zero-order chi connectivity index (χ0) is 19.1. The third-order valence-electron chi connectivity index (χ3n) is 5.72. The summed E-state index contributed by atoms with van der Waals surface area (Å²) < 4.78 is 27.2. The van der Waals surface area contributed by atoms with Crippen molar-refractivity contribution in [3.8, 4) is 0 Å². The molecule has 1 aliphatic carbocycles. The smallest absolute Gasteiger partial charge is 0.243 e. The number of aromatic nitrogens is 1. The first-order chi connectivity index (χ1) is 12.9. The van der Waals surface area contributed by atoms with E-state index in [9.17, 15) is 13.2 Å². The molecule has 6 nitrogen and oxygen atoms in total. The van der Waals surface area contributed by atoms with Gasteiger partial charge in [-0.1, -0.05) is 24.3 Å². The number of nitrogens with zero attached hydrogens (tertiary/aromatic N) is 3. The van der Waals surface area contributed by atoms with Gasteiger partial charge >= 0.3 is 0 Å². The SMILES string of the molecule is CN(Cc1ccccn1)C(=O)[C@@H]1C[C@@]12CCN(S(=O)(=O)c1ccccc1)C2. The highest BCUT2D eigenvalue weighted by molar-refractivity contribution is 7.89. The molecule has 1 aromatic heterocycles. The molecule has 4 rings (SSSR count). The lowest BCUT2D eigenvalue weighted by Crippen LogP contribution is -2.32. The lowest BCUT2D eigenvalue weighted by atomic mass is 10.0. The maximum Gasteiger partial charge on any atom is 0.243 e. The monoisotopic (exact) mass is 385 g/mol. The lowest BCUT2D eigenvalue weighted by Gasteiger charge is -2.19. The Morgan fingerprint density at radius 1 is 1.22 bits per heavy atom. The van der Waals surface area contributed by atoms with Gasteiger partial charge in [0, 0.05) is 32.3 Å². The molecule has 1 aromatic carbocycles. The van der Waals surface area contributed by atoms with E-state index in [2.05, 4.69) is 4.98 Å². The third-order valence-corrected chi connectivity index (χ3v) is 7.58. The summed E-state index contributed by atoms with van der Waals surface area (Å²) in [7, 11) is -1.70. The molecular formula is C20H23N3O3S. The summed E-state index contributed by atoms with van der Waals surface area (Å²) in [6.07, 6.45) is 3.22. The molecule has 2 aromatic rings. The van der Waals surface area contributed by atoms with E-state index in [1.807, 2.05) is 18.2 Å². The number of pyridine rings is 1. The second kappa shape index (κ2) is 6.73. The second-order valence-corrected chi connectivity index (χ2v) is 9.47. The van der Waals surface area contributed by atoms with Crippen molar-refractivity contribution in [2.45, 2.75) is 24.3 Å². The van der Waals surface area contributed by atoms with E-state index in [1.165, 1.54) is 4.31 Å². The number of rotatable bonds is 5. The molecule has 1 aliphatic heterocycles. The van der Waals surface area contributed by atoms with E-state index < -0.39 is 10.0 Å². The predicted molar refractivity (Wildman–Crippen MR) is 101 cm³/mol. The maximum atomic E-state index is 12.8. The van der Waals surface area contributed by atoms with Crippen LogP contribution in [0.1, 0.15) is 18.5 Å². The van der Waals surface area contributed by atoms with Crippen molar-refractivity contribution in [2.24, 2.45) is 11.3 Å². The summed E-state index contributed by atoms with van der Waals surface area (Å²) in [5.41, 5.74) is 0.653. The van der Waals surface area contributed by atoms with Crippen molar-refractivity contribution in [3.05, 3.63) is 60.4 Å². The highest BCUT2D eigenvalue weighted by Crippen LogP contribution is 2.59. The van der Waals surface area contributed by atoms with E-state index >= 15 is 0 Å². The van der Waals surface area contributed by atoms with Crippen LogP contribution in [0.2, 0.25) is 0 Å². The zero-order valence-corrected chi connectivity index (χ0v) is 16.1. The fourth-order valence-corrected chi connectivity index (χ4v) is 5.59. The van der Waals surface area contributed by atoms with E-state index in [-0.39, 0.29) is 17.2 Å². The van der Waals surface area contributed by atoms with Crippen molar-refractivity contribution in [1.82, 2.24) is 14.2 Å². The Hall–Kier alpha value is -2.25. The molecule has 1 saturated heterocycles. The van der Waals surface area contributed by atoms with Gasteiger partial charge in [-0.2, -0.15) is 4.31 Å². The van der Waals surface area contributed by atoms with Gasteiger partial charge in [0.2, 0.25) is 15.9 Å². The Labute approximate surface area is 159 Å². The van der Waals surface area contributed by atoms with Gasteiger partial charge in [-0.05, 0) is 42.5 Å². The van der Waals surface area contributed by atoms with Gasteiger partial charge in [0.25, 0.3) is 0 Å². The molecule has 142 valence electrons. The van der Waals surface area contributed by atoms with Crippen LogP contribution in [0.5, 0.6) is 0 Å². The van der Waals surface area contributed by atoms with Crippen molar-refractivity contribution in [2.75, 3.05) is 20.1 Å². The Kier molecular flexibility index (Phi) is 4.52. The van der Waals surface area contributed by atoms with E-state index in [4.69, 9.17) is 0 Å². The Balaban J connectivity index is 1.41. The minimum absolute atomic E-state index is 0.0830. The fourth-order valence-electron chi connectivity index (χ4n) is 4.03. The first-order valence-corrected chi connectivity index (χ1v) is 10.6. The van der Waals surface area contributed by atoms with Crippen molar-refractivity contribution in [3.63, 3.8) is 0 Å². The van der Waals surface area contributed by atoms with Crippen LogP contribution in [0.4, 0.5) is 0 Å². The molecule has 2 heterocycles. The molecule has 0 unspecified atom stereocenters. The first kappa shape index (κ1) is 18.1. The van der Waals surface area contributed by atoms with Gasteiger partial charge < -0.3 is 4.90 Å². The number of benzene rings is 1. The lowest BCUT2D eigenvalue weighted by molar-refractivity contribution is -0.132. The number of hydrogen-bond acceptors (Lipinski definition) is 4. The van der Waals surface area contributed by atoms with Crippen LogP contribution in [0.25, 0.3) is 0 Å². The minimum Gasteiger partial charge on any atom is -0.340 e. The second-order valence-electron chi connectivity index (χ2n) is 7.54. The average molecular weight is 385 g/mol. The molecule has 2 fully saturated rings. The number of sulfonamides is 1. The van der Waals surface area contributed by atoms with Gasteiger partial charge in [0.05, 0.1) is 17.1 Å². The Morgan fingerprint density at radius 3 is 2.67 bits per heavy atom. The van der Waals surface area contributed by atoms with E-state index in [1.54, 1.807) is 48.5 Å². The van der Waals surface area contributed by atoms with Crippen molar-refractivity contribution < 1.29 is 13.2 Å². The van der Waals surface area contributed by atoms with Gasteiger partial charge in [0.1, 0.15) is 0 Å². The van der Waals surface area contributed by atoms with Gasteiger partial charge in [-0.3, -0.25) is 9.78 Å². The van der Waals surface area contributed by atoms with Crippen LogP contribution < -0.4 is 0 Å². The zero-order valence-electron chi connectivity index (χ0n) is 15.3. The third kappa shape index (κ3) is 3.37. The summed E-state index contributed by atoms with van der Waals surface area (Å²) in [4.78, 5) is 19.1. The van der Waals surface area contributed by atoms with E-state index in [0.29, 0.717) is 24.5 Å². The average Bonchev–Trinajstić information content (AvgIpc) is 3.20. The van der Waals surface area contributed by atoms with Crippen LogP contribution in [0.15, 0.2) is 59.6 Å². The topological polar surface area (TPSA) is 70.6 Å². The molecule has 0 N–H and O–H groups in total. The molecule has 0 radical (unpaired) electrons. The first-order valence-electron chi connectivity index (χ1n) is 9.12. The summed E-state index contributed by atoms with van der Waals surface area (Å²) in [5.74, 6) is -0.0122. The molecular weight excluding hydrogens is 362 g/mol. The fraction of sp³-hybridized carbons (Fsp3) is 0.400. The number of carbonyl (C=O) groups is 1. The number of amides is 1. The van der Waals surface area contributed by atoms with Crippen molar-refractivity contribution >= 4 is 15.9 Å². The van der Waals surface area contributed by atoms with Crippen LogP contribution in [0.3, 0.4) is 0 Å².